The summed E-state index contributed by atoms with van der Waals surface area (Å²) in [5.41, 5.74) is 2.20. The van der Waals surface area contributed by atoms with Crippen molar-refractivity contribution in [3.05, 3.63) is 45.4 Å². The van der Waals surface area contributed by atoms with Crippen LogP contribution in [0.25, 0.3) is 0 Å². The van der Waals surface area contributed by atoms with E-state index in [0.717, 1.165) is 34.5 Å². The van der Waals surface area contributed by atoms with Crippen LogP contribution in [0.5, 0.6) is 5.75 Å². The van der Waals surface area contributed by atoms with Crippen LogP contribution >= 0.6 is 35.3 Å². The van der Waals surface area contributed by atoms with Gasteiger partial charge in [0.2, 0.25) is 0 Å². The molecule has 8 heteroatoms. The van der Waals surface area contributed by atoms with Crippen LogP contribution in [0.4, 0.5) is 0 Å². The molecular formula is C19H30IN5OS. The van der Waals surface area contributed by atoms with E-state index in [2.05, 4.69) is 38.5 Å². The molecule has 1 heterocycles. The molecule has 1 aromatic heterocycles. The zero-order valence-corrected chi connectivity index (χ0v) is 19.9. The normalized spacial score (nSPS) is 11.3. The van der Waals surface area contributed by atoms with Crippen LogP contribution in [0.2, 0.25) is 0 Å². The molecule has 0 aliphatic carbocycles. The lowest BCUT2D eigenvalue weighted by atomic mass is 10.2. The van der Waals surface area contributed by atoms with Crippen molar-refractivity contribution < 1.29 is 4.74 Å². The number of hydrogen-bond acceptors (Lipinski definition) is 5. The lowest BCUT2D eigenvalue weighted by Crippen LogP contribution is -2.36. The average molecular weight is 503 g/mol. The van der Waals surface area contributed by atoms with E-state index in [1.54, 1.807) is 18.4 Å². The van der Waals surface area contributed by atoms with Gasteiger partial charge in [0.05, 0.1) is 12.2 Å². The molecule has 2 rings (SSSR count). The minimum atomic E-state index is 0. The third-order valence-corrected chi connectivity index (χ3v) is 4.99. The van der Waals surface area contributed by atoms with E-state index in [1.807, 2.05) is 39.2 Å². The summed E-state index contributed by atoms with van der Waals surface area (Å²) in [5, 5.41) is 7.72. The van der Waals surface area contributed by atoms with E-state index >= 15 is 0 Å². The lowest BCUT2D eigenvalue weighted by Gasteiger charge is -2.15. The Morgan fingerprint density at radius 3 is 2.52 bits per heavy atom. The number of aromatic nitrogens is 1. The lowest BCUT2D eigenvalue weighted by molar-refractivity contribution is 0.259. The third-order valence-electron chi connectivity index (χ3n) is 3.92. The van der Waals surface area contributed by atoms with E-state index in [-0.39, 0.29) is 24.0 Å². The first-order valence-electron chi connectivity index (χ1n) is 8.72. The maximum absolute atomic E-state index is 5.91. The van der Waals surface area contributed by atoms with Crippen molar-refractivity contribution in [3.8, 4) is 5.75 Å². The van der Waals surface area contributed by atoms with Crippen molar-refractivity contribution in [1.29, 1.82) is 0 Å². The molecule has 0 unspecified atom stereocenters. The Hall–Kier alpha value is -1.39. The molecule has 0 bridgehead atoms. The number of halogens is 1. The van der Waals surface area contributed by atoms with E-state index < -0.39 is 0 Å². The van der Waals surface area contributed by atoms with Gasteiger partial charge in [-0.2, -0.15) is 0 Å². The molecule has 0 radical (unpaired) electrons. The van der Waals surface area contributed by atoms with Crippen molar-refractivity contribution >= 4 is 41.3 Å². The molecular weight excluding hydrogens is 473 g/mol. The van der Waals surface area contributed by atoms with Gasteiger partial charge in [-0.25, -0.2) is 4.98 Å². The third kappa shape index (κ3) is 8.02. The van der Waals surface area contributed by atoms with Gasteiger partial charge in [0, 0.05) is 30.6 Å². The van der Waals surface area contributed by atoms with Gasteiger partial charge in [-0.1, -0.05) is 18.2 Å². The quantitative estimate of drug-likeness (QED) is 0.329. The Bertz CT molecular complexity index is 713. The molecule has 0 aliphatic rings. The van der Waals surface area contributed by atoms with Crippen LogP contribution < -0.4 is 15.4 Å². The van der Waals surface area contributed by atoms with Crippen molar-refractivity contribution in [3.63, 3.8) is 0 Å². The van der Waals surface area contributed by atoms with Crippen molar-refractivity contribution in [2.45, 2.75) is 26.9 Å². The second-order valence-electron chi connectivity index (χ2n) is 6.29. The molecule has 2 aromatic rings. The van der Waals surface area contributed by atoms with Gasteiger partial charge in [0.25, 0.3) is 0 Å². The van der Waals surface area contributed by atoms with Gasteiger partial charge in [-0.3, -0.25) is 4.99 Å². The fourth-order valence-electron chi connectivity index (χ4n) is 2.30. The van der Waals surface area contributed by atoms with Crippen LogP contribution in [0.3, 0.4) is 0 Å². The van der Waals surface area contributed by atoms with Crippen LogP contribution in [-0.4, -0.2) is 50.1 Å². The molecule has 27 heavy (non-hydrogen) atoms. The molecule has 0 atom stereocenters. The number of para-hydroxylation sites is 1. The van der Waals surface area contributed by atoms with Crippen LogP contribution in [-0.2, 0) is 13.1 Å². The minimum Gasteiger partial charge on any atom is -0.492 e. The summed E-state index contributed by atoms with van der Waals surface area (Å²) >= 11 is 1.71. The number of hydrogen-bond donors (Lipinski definition) is 2. The maximum atomic E-state index is 5.91. The molecule has 1 aromatic carbocycles. The number of nitrogens with one attached hydrogen (secondary N) is 2. The van der Waals surface area contributed by atoms with Gasteiger partial charge in [0.1, 0.15) is 17.4 Å². The topological polar surface area (TPSA) is 61.8 Å². The maximum Gasteiger partial charge on any atom is 0.191 e. The first kappa shape index (κ1) is 23.6. The molecule has 0 saturated carbocycles. The molecule has 0 amide bonds. The molecule has 6 nitrogen and oxygen atoms in total. The van der Waals surface area contributed by atoms with Gasteiger partial charge in [-0.05, 0) is 34.0 Å². The second-order valence-corrected chi connectivity index (χ2v) is 7.58. The smallest absolute Gasteiger partial charge is 0.191 e. The monoisotopic (exact) mass is 503 g/mol. The Morgan fingerprint density at radius 1 is 1.19 bits per heavy atom. The van der Waals surface area contributed by atoms with Crippen molar-refractivity contribution in [2.75, 3.05) is 34.3 Å². The van der Waals surface area contributed by atoms with E-state index in [1.165, 1.54) is 4.88 Å². The number of rotatable bonds is 8. The summed E-state index contributed by atoms with van der Waals surface area (Å²) in [4.78, 5) is 12.2. The number of likely N-dealkylation sites (N-methyl/N-ethyl adjacent to an activating group) is 1. The van der Waals surface area contributed by atoms with E-state index in [0.29, 0.717) is 19.7 Å². The summed E-state index contributed by atoms with van der Waals surface area (Å²) in [6.45, 7) is 7.00. The molecule has 0 saturated heterocycles. The molecule has 2 N–H and O–H groups in total. The number of ether oxygens (including phenoxy) is 1. The van der Waals surface area contributed by atoms with Gasteiger partial charge in [-0.15, -0.1) is 35.3 Å². The van der Waals surface area contributed by atoms with Gasteiger partial charge >= 0.3 is 0 Å². The largest absolute Gasteiger partial charge is 0.492 e. The predicted octanol–water partition coefficient (Wildman–Crippen LogP) is 3.18. The highest BCUT2D eigenvalue weighted by Gasteiger charge is 2.07. The Labute approximate surface area is 183 Å². The van der Waals surface area contributed by atoms with Gasteiger partial charge in [0.15, 0.2) is 5.96 Å². The predicted molar refractivity (Wildman–Crippen MR) is 125 cm³/mol. The van der Waals surface area contributed by atoms with Gasteiger partial charge < -0.3 is 20.3 Å². The Morgan fingerprint density at radius 2 is 1.89 bits per heavy atom. The standard InChI is InChI=1S/C19H29N5OS.HI/c1-14-15(2)26-18(23-14)13-22-19(20-3)21-12-16-8-6-7-9-17(16)25-11-10-24(4)5;/h6-9H,10-13H2,1-5H3,(H2,20,21,22);1H. The zero-order chi connectivity index (χ0) is 18.9. The average Bonchev–Trinajstić information content (AvgIpc) is 2.94. The molecule has 150 valence electrons. The number of aliphatic imine (C=N–C) groups is 1. The highest BCUT2D eigenvalue weighted by atomic mass is 127. The zero-order valence-electron chi connectivity index (χ0n) is 16.7. The molecule has 0 fully saturated rings. The second kappa shape index (κ2) is 12.1. The Kier molecular flexibility index (Phi) is 10.6. The highest BCUT2D eigenvalue weighted by molar-refractivity contribution is 14.0. The van der Waals surface area contributed by atoms with E-state index in [9.17, 15) is 0 Å². The highest BCUT2D eigenvalue weighted by Crippen LogP contribution is 2.18. The summed E-state index contributed by atoms with van der Waals surface area (Å²) in [6, 6.07) is 8.09. The summed E-state index contributed by atoms with van der Waals surface area (Å²) < 4.78 is 5.91. The number of guanidine groups is 1. The van der Waals surface area contributed by atoms with Crippen molar-refractivity contribution in [2.24, 2.45) is 4.99 Å². The summed E-state index contributed by atoms with van der Waals surface area (Å²) in [7, 11) is 5.85. The number of benzene rings is 1. The number of aryl methyl sites for hydroxylation is 2. The van der Waals surface area contributed by atoms with Crippen molar-refractivity contribution in [1.82, 2.24) is 20.5 Å². The van der Waals surface area contributed by atoms with Crippen LogP contribution in [0.15, 0.2) is 29.3 Å². The molecule has 0 aliphatic heterocycles. The summed E-state index contributed by atoms with van der Waals surface area (Å²) in [5.74, 6) is 1.65. The number of nitrogens with zero attached hydrogens (tertiary/aromatic N) is 3. The fraction of sp³-hybridized carbons (Fsp3) is 0.474. The SMILES string of the molecule is CN=C(NCc1nc(C)c(C)s1)NCc1ccccc1OCCN(C)C.I. The first-order chi connectivity index (χ1) is 12.5. The van der Waals surface area contributed by atoms with E-state index in [4.69, 9.17) is 4.74 Å². The summed E-state index contributed by atoms with van der Waals surface area (Å²) in [6.07, 6.45) is 0. The first-order valence-corrected chi connectivity index (χ1v) is 9.54. The minimum absolute atomic E-state index is 0. The fourth-order valence-corrected chi connectivity index (χ4v) is 3.18. The van der Waals surface area contributed by atoms with Crippen LogP contribution in [0, 0.1) is 13.8 Å². The molecule has 0 spiro atoms. The Balaban J connectivity index is 0.00000364. The van der Waals surface area contributed by atoms with Crippen LogP contribution in [0.1, 0.15) is 21.1 Å². The number of thiazole rings is 1.